The van der Waals surface area contributed by atoms with E-state index < -0.39 is 0 Å². The number of nitrogens with zero attached hydrogens (tertiary/aromatic N) is 1. The highest BCUT2D eigenvalue weighted by molar-refractivity contribution is 5.99. The average molecular weight is 289 g/mol. The fourth-order valence-electron chi connectivity index (χ4n) is 2.90. The molecule has 0 spiro atoms. The highest BCUT2D eigenvalue weighted by Crippen LogP contribution is 2.18. The monoisotopic (exact) mass is 289 g/mol. The number of aryl methyl sites for hydroxylation is 1. The Morgan fingerprint density at radius 1 is 1.33 bits per heavy atom. The van der Waals surface area contributed by atoms with Crippen LogP contribution in [0.1, 0.15) is 35.7 Å². The Bertz CT molecular complexity index is 479. The summed E-state index contributed by atoms with van der Waals surface area (Å²) in [7, 11) is 1.85. The molecular formula is C17H27N3O. The lowest BCUT2D eigenvalue weighted by molar-refractivity contribution is 0.0937. The third-order valence-electron chi connectivity index (χ3n) is 4.39. The Hall–Kier alpha value is -1.55. The van der Waals surface area contributed by atoms with Crippen LogP contribution >= 0.6 is 0 Å². The maximum atomic E-state index is 12.4. The van der Waals surface area contributed by atoms with E-state index >= 15 is 0 Å². The van der Waals surface area contributed by atoms with E-state index in [1.54, 1.807) is 0 Å². The number of carbonyl (C=O) groups is 1. The number of likely N-dealkylation sites (tertiary alicyclic amines) is 1. The van der Waals surface area contributed by atoms with E-state index in [1.165, 1.54) is 12.8 Å². The first-order chi connectivity index (χ1) is 10.1. The summed E-state index contributed by atoms with van der Waals surface area (Å²) < 4.78 is 0. The molecule has 2 rings (SSSR count). The number of amides is 1. The lowest BCUT2D eigenvalue weighted by Gasteiger charge is -2.31. The van der Waals surface area contributed by atoms with Crippen molar-refractivity contribution in [3.8, 4) is 0 Å². The van der Waals surface area contributed by atoms with Crippen molar-refractivity contribution < 1.29 is 4.79 Å². The first-order valence-corrected chi connectivity index (χ1v) is 7.93. The van der Waals surface area contributed by atoms with Gasteiger partial charge in [0.05, 0.1) is 5.56 Å². The largest absolute Gasteiger partial charge is 0.387 e. The standard InChI is InChI=1S/C17H27N3O/c1-4-20-9-7-14(8-10-20)12-19-17(21)15-11-13(2)5-6-16(15)18-3/h5-6,11,14,18H,4,7-10,12H2,1-3H3,(H,19,21). The minimum absolute atomic E-state index is 0.0287. The van der Waals surface area contributed by atoms with Crippen LogP contribution in [0.25, 0.3) is 0 Å². The van der Waals surface area contributed by atoms with Crippen molar-refractivity contribution in [2.24, 2.45) is 5.92 Å². The Morgan fingerprint density at radius 2 is 2.05 bits per heavy atom. The van der Waals surface area contributed by atoms with Crippen molar-refractivity contribution in [2.45, 2.75) is 26.7 Å². The Kier molecular flexibility index (Phi) is 5.62. The van der Waals surface area contributed by atoms with Gasteiger partial charge in [0.25, 0.3) is 5.91 Å². The van der Waals surface area contributed by atoms with E-state index in [2.05, 4.69) is 22.5 Å². The molecule has 1 saturated heterocycles. The molecular weight excluding hydrogens is 262 g/mol. The van der Waals surface area contributed by atoms with Gasteiger partial charge in [-0.3, -0.25) is 4.79 Å². The van der Waals surface area contributed by atoms with E-state index in [1.807, 2.05) is 32.2 Å². The molecule has 1 heterocycles. The van der Waals surface area contributed by atoms with Crippen LogP contribution in [0, 0.1) is 12.8 Å². The molecule has 1 aromatic rings. The van der Waals surface area contributed by atoms with E-state index in [0.717, 1.165) is 43.0 Å². The second-order valence-corrected chi connectivity index (χ2v) is 5.89. The minimum Gasteiger partial charge on any atom is -0.387 e. The molecule has 0 unspecified atom stereocenters. The van der Waals surface area contributed by atoms with Crippen molar-refractivity contribution in [1.82, 2.24) is 10.2 Å². The molecule has 1 aliphatic heterocycles. The molecule has 0 aliphatic carbocycles. The summed E-state index contributed by atoms with van der Waals surface area (Å²) in [5.41, 5.74) is 2.73. The number of piperidine rings is 1. The van der Waals surface area contributed by atoms with Gasteiger partial charge < -0.3 is 15.5 Å². The maximum Gasteiger partial charge on any atom is 0.253 e. The van der Waals surface area contributed by atoms with Gasteiger partial charge in [-0.1, -0.05) is 18.6 Å². The number of anilines is 1. The molecule has 4 nitrogen and oxygen atoms in total. The van der Waals surface area contributed by atoms with Crippen molar-refractivity contribution >= 4 is 11.6 Å². The summed E-state index contributed by atoms with van der Waals surface area (Å²) in [6.45, 7) is 8.45. The molecule has 1 aliphatic rings. The molecule has 0 bridgehead atoms. The normalized spacial score (nSPS) is 16.7. The van der Waals surface area contributed by atoms with Crippen molar-refractivity contribution in [2.75, 3.05) is 38.5 Å². The smallest absolute Gasteiger partial charge is 0.253 e. The Morgan fingerprint density at radius 3 is 2.67 bits per heavy atom. The summed E-state index contributed by atoms with van der Waals surface area (Å²) in [6.07, 6.45) is 2.36. The molecule has 0 saturated carbocycles. The Balaban J connectivity index is 1.89. The number of hydrogen-bond acceptors (Lipinski definition) is 3. The van der Waals surface area contributed by atoms with Crippen molar-refractivity contribution in [1.29, 1.82) is 0 Å². The molecule has 21 heavy (non-hydrogen) atoms. The van der Waals surface area contributed by atoms with Gasteiger partial charge in [-0.25, -0.2) is 0 Å². The van der Waals surface area contributed by atoms with E-state index in [9.17, 15) is 4.79 Å². The molecule has 0 atom stereocenters. The van der Waals surface area contributed by atoms with Crippen molar-refractivity contribution in [3.05, 3.63) is 29.3 Å². The zero-order valence-corrected chi connectivity index (χ0v) is 13.4. The van der Waals surface area contributed by atoms with E-state index in [4.69, 9.17) is 0 Å². The molecule has 1 aromatic carbocycles. The van der Waals surface area contributed by atoms with Crippen LogP contribution in [0.5, 0.6) is 0 Å². The lowest BCUT2D eigenvalue weighted by atomic mass is 9.96. The van der Waals surface area contributed by atoms with Gasteiger partial charge in [-0.05, 0) is 57.5 Å². The van der Waals surface area contributed by atoms with Crippen LogP contribution in [0.4, 0.5) is 5.69 Å². The summed E-state index contributed by atoms with van der Waals surface area (Å²) in [5.74, 6) is 0.639. The summed E-state index contributed by atoms with van der Waals surface area (Å²) in [4.78, 5) is 14.8. The lowest BCUT2D eigenvalue weighted by Crippen LogP contribution is -2.38. The van der Waals surface area contributed by atoms with Crippen LogP contribution in [0.2, 0.25) is 0 Å². The predicted molar refractivity (Wildman–Crippen MR) is 87.9 cm³/mol. The molecule has 4 heteroatoms. The Labute approximate surface area is 127 Å². The van der Waals surface area contributed by atoms with Crippen LogP contribution in [0.15, 0.2) is 18.2 Å². The number of rotatable bonds is 5. The topological polar surface area (TPSA) is 44.4 Å². The maximum absolute atomic E-state index is 12.4. The minimum atomic E-state index is 0.0287. The van der Waals surface area contributed by atoms with Crippen molar-refractivity contribution in [3.63, 3.8) is 0 Å². The van der Waals surface area contributed by atoms with Crippen LogP contribution in [0.3, 0.4) is 0 Å². The van der Waals surface area contributed by atoms with Gasteiger partial charge in [-0.2, -0.15) is 0 Å². The van der Waals surface area contributed by atoms with Crippen LogP contribution in [-0.2, 0) is 0 Å². The fraction of sp³-hybridized carbons (Fsp3) is 0.588. The molecule has 1 fully saturated rings. The predicted octanol–water partition coefficient (Wildman–Crippen LogP) is 2.50. The molecule has 1 amide bonds. The summed E-state index contributed by atoms with van der Waals surface area (Å²) >= 11 is 0. The second-order valence-electron chi connectivity index (χ2n) is 5.89. The highest BCUT2D eigenvalue weighted by Gasteiger charge is 2.19. The number of benzene rings is 1. The number of carbonyl (C=O) groups excluding carboxylic acids is 1. The van der Waals surface area contributed by atoms with Gasteiger partial charge in [0.2, 0.25) is 0 Å². The molecule has 116 valence electrons. The van der Waals surface area contributed by atoms with Gasteiger partial charge in [-0.15, -0.1) is 0 Å². The fourth-order valence-corrected chi connectivity index (χ4v) is 2.90. The highest BCUT2D eigenvalue weighted by atomic mass is 16.1. The van der Waals surface area contributed by atoms with Gasteiger partial charge >= 0.3 is 0 Å². The van der Waals surface area contributed by atoms with Gasteiger partial charge in [0.15, 0.2) is 0 Å². The number of nitrogens with one attached hydrogen (secondary N) is 2. The molecule has 0 aromatic heterocycles. The first-order valence-electron chi connectivity index (χ1n) is 7.93. The van der Waals surface area contributed by atoms with Crippen LogP contribution < -0.4 is 10.6 Å². The molecule has 0 radical (unpaired) electrons. The van der Waals surface area contributed by atoms with Crippen LogP contribution in [-0.4, -0.2) is 44.0 Å². The van der Waals surface area contributed by atoms with Gasteiger partial charge in [0, 0.05) is 19.3 Å². The third kappa shape index (κ3) is 4.21. The first kappa shape index (κ1) is 15.8. The third-order valence-corrected chi connectivity index (χ3v) is 4.39. The zero-order valence-electron chi connectivity index (χ0n) is 13.4. The average Bonchev–Trinajstić information content (AvgIpc) is 2.53. The van der Waals surface area contributed by atoms with Gasteiger partial charge in [0.1, 0.15) is 0 Å². The SMILES string of the molecule is CCN1CCC(CNC(=O)c2cc(C)ccc2NC)CC1. The summed E-state index contributed by atoms with van der Waals surface area (Å²) in [5, 5.41) is 6.19. The zero-order chi connectivity index (χ0) is 15.2. The molecule has 2 N–H and O–H groups in total. The summed E-state index contributed by atoms with van der Waals surface area (Å²) in [6, 6.07) is 5.92. The van der Waals surface area contributed by atoms with E-state index in [0.29, 0.717) is 5.92 Å². The quantitative estimate of drug-likeness (QED) is 0.875. The number of hydrogen-bond donors (Lipinski definition) is 2. The second kappa shape index (κ2) is 7.46. The van der Waals surface area contributed by atoms with E-state index in [-0.39, 0.29) is 5.91 Å².